The zero-order valence-corrected chi connectivity index (χ0v) is 10.3. The number of benzene rings is 1. The summed E-state index contributed by atoms with van der Waals surface area (Å²) in [4.78, 5) is 12.2. The maximum Gasteiger partial charge on any atom is 0.191 e. The fourth-order valence-electron chi connectivity index (χ4n) is 1.78. The first-order valence-electron chi connectivity index (χ1n) is 5.92. The van der Waals surface area contributed by atoms with Crippen LogP contribution in [0.25, 0.3) is 0 Å². The second kappa shape index (κ2) is 6.44. The summed E-state index contributed by atoms with van der Waals surface area (Å²) < 4.78 is 5.50. The van der Waals surface area contributed by atoms with Crippen LogP contribution in [-0.4, -0.2) is 18.5 Å². The monoisotopic (exact) mass is 220 g/mol. The number of ether oxygens (including phenoxy) is 1. The number of aryl methyl sites for hydroxylation is 1. The topological polar surface area (TPSA) is 26.3 Å². The second-order valence-electron chi connectivity index (χ2n) is 3.91. The van der Waals surface area contributed by atoms with Crippen molar-refractivity contribution in [1.29, 1.82) is 0 Å². The Morgan fingerprint density at radius 1 is 1.31 bits per heavy atom. The molecule has 0 bridgehead atoms. The lowest BCUT2D eigenvalue weighted by molar-refractivity contribution is 0.0422. The standard InChI is InChI=1S/C14H20O2/c1-4-8-13(16-5-2)14(15)12-10-7-6-9-11(12)3/h6-7,9-10,13H,4-5,8H2,1-3H3. The third-order valence-electron chi connectivity index (χ3n) is 2.62. The highest BCUT2D eigenvalue weighted by Gasteiger charge is 2.20. The molecule has 2 nitrogen and oxygen atoms in total. The number of hydrogen-bond acceptors (Lipinski definition) is 2. The summed E-state index contributed by atoms with van der Waals surface area (Å²) in [5, 5.41) is 0. The molecule has 1 atom stereocenters. The second-order valence-corrected chi connectivity index (χ2v) is 3.91. The van der Waals surface area contributed by atoms with Crippen LogP contribution in [-0.2, 0) is 4.74 Å². The Kier molecular flexibility index (Phi) is 5.20. The molecule has 0 saturated heterocycles. The average Bonchev–Trinajstić information content (AvgIpc) is 2.28. The van der Waals surface area contributed by atoms with E-state index in [1.54, 1.807) is 0 Å². The van der Waals surface area contributed by atoms with Crippen molar-refractivity contribution in [1.82, 2.24) is 0 Å². The molecular formula is C14H20O2. The zero-order valence-electron chi connectivity index (χ0n) is 10.3. The predicted octanol–water partition coefficient (Wildman–Crippen LogP) is 3.38. The van der Waals surface area contributed by atoms with Gasteiger partial charge in [-0.2, -0.15) is 0 Å². The summed E-state index contributed by atoms with van der Waals surface area (Å²) in [5.74, 6) is 0.113. The van der Waals surface area contributed by atoms with E-state index in [1.165, 1.54) is 0 Å². The van der Waals surface area contributed by atoms with E-state index in [0.29, 0.717) is 6.61 Å². The number of carbonyl (C=O) groups excluding carboxylic acids is 1. The largest absolute Gasteiger partial charge is 0.370 e. The highest BCUT2D eigenvalue weighted by atomic mass is 16.5. The molecule has 0 aliphatic rings. The Morgan fingerprint density at radius 3 is 2.56 bits per heavy atom. The van der Waals surface area contributed by atoms with E-state index in [4.69, 9.17) is 4.74 Å². The first-order valence-corrected chi connectivity index (χ1v) is 5.92. The van der Waals surface area contributed by atoms with Crippen LogP contribution in [0.2, 0.25) is 0 Å². The van der Waals surface area contributed by atoms with Crippen molar-refractivity contribution in [3.05, 3.63) is 35.4 Å². The molecule has 0 fully saturated rings. The molecule has 0 aliphatic carbocycles. The SMILES string of the molecule is CCCC(OCC)C(=O)c1ccccc1C. The molecule has 0 heterocycles. The molecule has 1 aromatic carbocycles. The van der Waals surface area contributed by atoms with E-state index in [1.807, 2.05) is 38.1 Å². The Labute approximate surface area is 97.6 Å². The maximum absolute atomic E-state index is 12.2. The van der Waals surface area contributed by atoms with E-state index in [9.17, 15) is 4.79 Å². The molecule has 0 radical (unpaired) electrons. The minimum atomic E-state index is -0.281. The summed E-state index contributed by atoms with van der Waals surface area (Å²) in [7, 11) is 0. The van der Waals surface area contributed by atoms with E-state index in [0.717, 1.165) is 24.0 Å². The van der Waals surface area contributed by atoms with Crippen LogP contribution in [0.15, 0.2) is 24.3 Å². The Bertz CT molecular complexity index is 338. The van der Waals surface area contributed by atoms with Gasteiger partial charge in [0.2, 0.25) is 0 Å². The van der Waals surface area contributed by atoms with Crippen molar-refractivity contribution in [2.24, 2.45) is 0 Å². The van der Waals surface area contributed by atoms with Gasteiger partial charge in [-0.3, -0.25) is 4.79 Å². The summed E-state index contributed by atoms with van der Waals surface area (Å²) in [6.07, 6.45) is 1.47. The lowest BCUT2D eigenvalue weighted by Crippen LogP contribution is -2.25. The molecule has 0 aromatic heterocycles. The van der Waals surface area contributed by atoms with E-state index in [2.05, 4.69) is 6.92 Å². The van der Waals surface area contributed by atoms with Crippen LogP contribution in [0.3, 0.4) is 0 Å². The number of hydrogen-bond donors (Lipinski definition) is 0. The van der Waals surface area contributed by atoms with E-state index >= 15 is 0 Å². The van der Waals surface area contributed by atoms with E-state index in [-0.39, 0.29) is 11.9 Å². The maximum atomic E-state index is 12.2. The molecule has 0 spiro atoms. The van der Waals surface area contributed by atoms with Gasteiger partial charge in [-0.25, -0.2) is 0 Å². The molecule has 88 valence electrons. The first kappa shape index (κ1) is 12.9. The summed E-state index contributed by atoms with van der Waals surface area (Å²) >= 11 is 0. The Hall–Kier alpha value is -1.15. The van der Waals surface area contributed by atoms with Gasteiger partial charge >= 0.3 is 0 Å². The van der Waals surface area contributed by atoms with Gasteiger partial charge in [0.1, 0.15) is 6.10 Å². The highest BCUT2D eigenvalue weighted by Crippen LogP contribution is 2.14. The van der Waals surface area contributed by atoms with Crippen molar-refractivity contribution in [3.63, 3.8) is 0 Å². The number of rotatable bonds is 6. The van der Waals surface area contributed by atoms with Crippen LogP contribution in [0.1, 0.15) is 42.6 Å². The van der Waals surface area contributed by atoms with Crippen molar-refractivity contribution < 1.29 is 9.53 Å². The Morgan fingerprint density at radius 2 is 2.00 bits per heavy atom. The van der Waals surface area contributed by atoms with Gasteiger partial charge in [0, 0.05) is 12.2 Å². The molecule has 0 amide bonds. The minimum Gasteiger partial charge on any atom is -0.370 e. The average molecular weight is 220 g/mol. The molecule has 0 N–H and O–H groups in total. The molecule has 1 aromatic rings. The fourth-order valence-corrected chi connectivity index (χ4v) is 1.78. The number of carbonyl (C=O) groups is 1. The van der Waals surface area contributed by atoms with Gasteiger partial charge < -0.3 is 4.74 Å². The van der Waals surface area contributed by atoms with Crippen LogP contribution < -0.4 is 0 Å². The minimum absolute atomic E-state index is 0.113. The van der Waals surface area contributed by atoms with E-state index < -0.39 is 0 Å². The van der Waals surface area contributed by atoms with Crippen LogP contribution in [0.4, 0.5) is 0 Å². The molecule has 1 unspecified atom stereocenters. The summed E-state index contributed by atoms with van der Waals surface area (Å²) in [5.41, 5.74) is 1.81. The Balaban J connectivity index is 2.85. The quantitative estimate of drug-likeness (QED) is 0.687. The lowest BCUT2D eigenvalue weighted by Gasteiger charge is -2.16. The van der Waals surface area contributed by atoms with Crippen LogP contribution in [0, 0.1) is 6.92 Å². The summed E-state index contributed by atoms with van der Waals surface area (Å²) in [6, 6.07) is 7.68. The molecule has 0 aliphatic heterocycles. The molecular weight excluding hydrogens is 200 g/mol. The van der Waals surface area contributed by atoms with Gasteiger partial charge in [-0.05, 0) is 25.8 Å². The van der Waals surface area contributed by atoms with Crippen LogP contribution >= 0.6 is 0 Å². The molecule has 0 saturated carbocycles. The van der Waals surface area contributed by atoms with Gasteiger partial charge in [-0.1, -0.05) is 37.6 Å². The third-order valence-corrected chi connectivity index (χ3v) is 2.62. The van der Waals surface area contributed by atoms with Gasteiger partial charge in [0.15, 0.2) is 5.78 Å². The highest BCUT2D eigenvalue weighted by molar-refractivity contribution is 6.00. The first-order chi connectivity index (χ1) is 7.70. The normalized spacial score (nSPS) is 12.4. The number of Topliss-reactive ketones (excluding diaryl/α,β-unsaturated/α-hetero) is 1. The van der Waals surface area contributed by atoms with Crippen molar-refractivity contribution in [2.75, 3.05) is 6.61 Å². The van der Waals surface area contributed by atoms with Gasteiger partial charge in [0.25, 0.3) is 0 Å². The van der Waals surface area contributed by atoms with Gasteiger partial charge in [0.05, 0.1) is 0 Å². The number of ketones is 1. The summed E-state index contributed by atoms with van der Waals surface area (Å²) in [6.45, 7) is 6.54. The zero-order chi connectivity index (χ0) is 12.0. The van der Waals surface area contributed by atoms with Gasteiger partial charge in [-0.15, -0.1) is 0 Å². The fraction of sp³-hybridized carbons (Fsp3) is 0.500. The molecule has 1 rings (SSSR count). The predicted molar refractivity (Wildman–Crippen MR) is 65.8 cm³/mol. The third kappa shape index (κ3) is 3.17. The smallest absolute Gasteiger partial charge is 0.191 e. The molecule has 2 heteroatoms. The van der Waals surface area contributed by atoms with Crippen LogP contribution in [0.5, 0.6) is 0 Å². The van der Waals surface area contributed by atoms with Crippen molar-refractivity contribution in [2.45, 2.75) is 39.7 Å². The molecule has 16 heavy (non-hydrogen) atoms. The van der Waals surface area contributed by atoms with Crippen molar-refractivity contribution >= 4 is 5.78 Å². The van der Waals surface area contributed by atoms with Crippen molar-refractivity contribution in [3.8, 4) is 0 Å². The lowest BCUT2D eigenvalue weighted by atomic mass is 9.99.